The zero-order chi connectivity index (χ0) is 7.68. The van der Waals surface area contributed by atoms with Gasteiger partial charge in [0, 0.05) is 6.21 Å². The van der Waals surface area contributed by atoms with Crippen LogP contribution in [0.15, 0.2) is 22.1 Å². The highest BCUT2D eigenvalue weighted by Gasteiger charge is 2.23. The molecule has 2 aliphatic rings. The van der Waals surface area contributed by atoms with E-state index in [1.54, 1.807) is 6.21 Å². The van der Waals surface area contributed by atoms with Crippen LogP contribution in [0.3, 0.4) is 0 Å². The molecule has 4 heteroatoms. The molecule has 3 nitrogen and oxygen atoms in total. The molecule has 0 aromatic heterocycles. The Bertz CT molecular complexity index is 247. The Balaban J connectivity index is 2.22. The van der Waals surface area contributed by atoms with Crippen molar-refractivity contribution >= 4 is 26.8 Å². The summed E-state index contributed by atoms with van der Waals surface area (Å²) >= 11 is 3.28. The topological polar surface area (TPSA) is 34.0 Å². The van der Waals surface area contributed by atoms with Gasteiger partial charge >= 0.3 is 0 Å². The molecule has 0 fully saturated rings. The van der Waals surface area contributed by atoms with Gasteiger partial charge in [-0.15, -0.1) is 0 Å². The average Bonchev–Trinajstić information content (AvgIpc) is 2.04. The molecule has 0 saturated heterocycles. The van der Waals surface area contributed by atoms with Crippen LogP contribution in [0, 0.1) is 0 Å². The van der Waals surface area contributed by atoms with Crippen LogP contribution in [-0.2, 0) is 4.74 Å². The van der Waals surface area contributed by atoms with E-state index in [9.17, 15) is 0 Å². The van der Waals surface area contributed by atoms with Crippen molar-refractivity contribution in [3.63, 3.8) is 0 Å². The van der Waals surface area contributed by atoms with Crippen molar-refractivity contribution in [1.82, 2.24) is 0 Å². The second-order valence-corrected chi connectivity index (χ2v) is 3.29. The van der Waals surface area contributed by atoms with Gasteiger partial charge in [-0.25, -0.2) is 4.99 Å². The Morgan fingerprint density at radius 2 is 2.55 bits per heavy atom. The van der Waals surface area contributed by atoms with Crippen LogP contribution in [0.25, 0.3) is 0 Å². The van der Waals surface area contributed by atoms with E-state index in [2.05, 4.69) is 25.9 Å². The van der Waals surface area contributed by atoms with Gasteiger partial charge in [0.05, 0.1) is 6.61 Å². The third-order valence-corrected chi connectivity index (χ3v) is 2.02. The van der Waals surface area contributed by atoms with Crippen molar-refractivity contribution in [3.05, 3.63) is 12.2 Å². The molecule has 0 N–H and O–H groups in total. The SMILES string of the molecule is BrC1=NC2N=CC=CC2OC1. The Labute approximate surface area is 73.0 Å². The lowest BCUT2D eigenvalue weighted by Crippen LogP contribution is -2.32. The number of dihydropyridines is 1. The molecule has 2 unspecified atom stereocenters. The Morgan fingerprint density at radius 3 is 3.45 bits per heavy atom. The van der Waals surface area contributed by atoms with Crippen LogP contribution in [0.5, 0.6) is 0 Å². The summed E-state index contributed by atoms with van der Waals surface area (Å²) < 4.78 is 6.25. The number of ether oxygens (including phenoxy) is 1. The highest BCUT2D eigenvalue weighted by molar-refractivity contribution is 9.18. The summed E-state index contributed by atoms with van der Waals surface area (Å²) in [6.07, 6.45) is 5.58. The molecular weight excluding hydrogens is 208 g/mol. The lowest BCUT2D eigenvalue weighted by Gasteiger charge is -2.24. The number of hydrogen-bond acceptors (Lipinski definition) is 3. The Morgan fingerprint density at radius 1 is 1.64 bits per heavy atom. The molecular formula is C7H7BrN2O. The molecule has 2 rings (SSSR count). The first-order valence-corrected chi connectivity index (χ1v) is 4.19. The van der Waals surface area contributed by atoms with Gasteiger partial charge in [-0.05, 0) is 22.0 Å². The van der Waals surface area contributed by atoms with E-state index in [0.29, 0.717) is 6.61 Å². The first-order chi connectivity index (χ1) is 5.36. The van der Waals surface area contributed by atoms with Gasteiger partial charge in [0.15, 0.2) is 6.17 Å². The van der Waals surface area contributed by atoms with Gasteiger partial charge in [0.1, 0.15) is 10.7 Å². The second kappa shape index (κ2) is 2.87. The maximum absolute atomic E-state index is 5.42. The van der Waals surface area contributed by atoms with Crippen LogP contribution < -0.4 is 0 Å². The molecule has 0 spiro atoms. The third-order valence-electron chi connectivity index (χ3n) is 1.59. The standard InChI is InChI=1S/C7H7BrN2O/c8-6-4-11-5-2-1-3-9-7(5)10-6/h1-3,5,7H,4H2. The maximum Gasteiger partial charge on any atom is 0.170 e. The zero-order valence-electron chi connectivity index (χ0n) is 5.77. The van der Waals surface area contributed by atoms with Crippen molar-refractivity contribution in [1.29, 1.82) is 0 Å². The van der Waals surface area contributed by atoms with Gasteiger partial charge in [0.2, 0.25) is 0 Å². The Kier molecular flexibility index (Phi) is 1.87. The zero-order valence-corrected chi connectivity index (χ0v) is 7.36. The largest absolute Gasteiger partial charge is 0.363 e. The first kappa shape index (κ1) is 7.18. The molecule has 58 valence electrons. The number of nitrogens with zero attached hydrogens (tertiary/aromatic N) is 2. The molecule has 2 atom stereocenters. The fraction of sp³-hybridized carbons (Fsp3) is 0.429. The van der Waals surface area contributed by atoms with Crippen molar-refractivity contribution in [2.75, 3.05) is 6.61 Å². The third kappa shape index (κ3) is 1.41. The molecule has 0 aromatic rings. The van der Waals surface area contributed by atoms with E-state index in [0.717, 1.165) is 4.62 Å². The second-order valence-electron chi connectivity index (χ2n) is 2.38. The number of aliphatic imine (C=N–C) groups is 2. The molecule has 2 heterocycles. The summed E-state index contributed by atoms with van der Waals surface area (Å²) in [4.78, 5) is 8.41. The molecule has 0 saturated carbocycles. The fourth-order valence-electron chi connectivity index (χ4n) is 1.08. The first-order valence-electron chi connectivity index (χ1n) is 3.40. The van der Waals surface area contributed by atoms with Gasteiger partial charge < -0.3 is 4.74 Å². The molecule has 0 aliphatic carbocycles. The summed E-state index contributed by atoms with van der Waals surface area (Å²) in [6, 6.07) is 0. The minimum atomic E-state index is -0.0666. The quantitative estimate of drug-likeness (QED) is 0.596. The van der Waals surface area contributed by atoms with E-state index in [1.807, 2.05) is 12.2 Å². The molecule has 11 heavy (non-hydrogen) atoms. The van der Waals surface area contributed by atoms with Gasteiger partial charge in [-0.1, -0.05) is 6.08 Å². The molecule has 2 aliphatic heterocycles. The number of fused-ring (bicyclic) bond motifs is 1. The predicted molar refractivity (Wildman–Crippen MR) is 47.5 cm³/mol. The molecule has 0 radical (unpaired) electrons. The normalized spacial score (nSPS) is 34.8. The predicted octanol–water partition coefficient (Wildman–Crippen LogP) is 1.15. The monoisotopic (exact) mass is 214 g/mol. The van der Waals surface area contributed by atoms with Crippen molar-refractivity contribution in [2.24, 2.45) is 9.98 Å². The van der Waals surface area contributed by atoms with Crippen LogP contribution in [-0.4, -0.2) is 29.7 Å². The lowest BCUT2D eigenvalue weighted by atomic mass is 10.2. The van der Waals surface area contributed by atoms with E-state index < -0.39 is 0 Å². The average molecular weight is 215 g/mol. The van der Waals surface area contributed by atoms with E-state index in [-0.39, 0.29) is 12.3 Å². The lowest BCUT2D eigenvalue weighted by molar-refractivity contribution is 0.0898. The smallest absolute Gasteiger partial charge is 0.170 e. The molecule has 0 aromatic carbocycles. The minimum Gasteiger partial charge on any atom is -0.363 e. The summed E-state index contributed by atoms with van der Waals surface area (Å²) in [5.41, 5.74) is 0. The van der Waals surface area contributed by atoms with Gasteiger partial charge in [0.25, 0.3) is 0 Å². The summed E-state index contributed by atoms with van der Waals surface area (Å²) in [6.45, 7) is 0.557. The van der Waals surface area contributed by atoms with E-state index >= 15 is 0 Å². The van der Waals surface area contributed by atoms with Crippen LogP contribution in [0.2, 0.25) is 0 Å². The highest BCUT2D eigenvalue weighted by Crippen LogP contribution is 2.16. The van der Waals surface area contributed by atoms with Crippen LogP contribution in [0.4, 0.5) is 0 Å². The van der Waals surface area contributed by atoms with Crippen molar-refractivity contribution < 1.29 is 4.74 Å². The van der Waals surface area contributed by atoms with Crippen molar-refractivity contribution in [2.45, 2.75) is 12.3 Å². The maximum atomic E-state index is 5.42. The van der Waals surface area contributed by atoms with E-state index in [1.165, 1.54) is 0 Å². The fourth-order valence-corrected chi connectivity index (χ4v) is 1.42. The summed E-state index contributed by atoms with van der Waals surface area (Å²) in [7, 11) is 0. The van der Waals surface area contributed by atoms with E-state index in [4.69, 9.17) is 4.74 Å². The number of allylic oxidation sites excluding steroid dienone is 1. The molecule has 0 amide bonds. The number of halogens is 1. The molecule has 0 bridgehead atoms. The van der Waals surface area contributed by atoms with Crippen LogP contribution in [0.1, 0.15) is 0 Å². The highest BCUT2D eigenvalue weighted by atomic mass is 79.9. The van der Waals surface area contributed by atoms with Crippen molar-refractivity contribution in [3.8, 4) is 0 Å². The van der Waals surface area contributed by atoms with Gasteiger partial charge in [-0.2, -0.15) is 0 Å². The van der Waals surface area contributed by atoms with Crippen LogP contribution >= 0.6 is 15.9 Å². The van der Waals surface area contributed by atoms with Gasteiger partial charge in [-0.3, -0.25) is 4.99 Å². The number of rotatable bonds is 0. The summed E-state index contributed by atoms with van der Waals surface area (Å²) in [5, 5.41) is 0. The Hall–Kier alpha value is -0.480. The summed E-state index contributed by atoms with van der Waals surface area (Å²) in [5.74, 6) is 0. The minimum absolute atomic E-state index is 0.0429. The number of hydrogen-bond donors (Lipinski definition) is 0.